The lowest BCUT2D eigenvalue weighted by molar-refractivity contribution is -0.224. The number of nitrogens with one attached hydrogen (secondary N) is 2. The number of hydrogen-bond acceptors (Lipinski definition) is 11. The summed E-state index contributed by atoms with van der Waals surface area (Å²) < 4.78 is 27.2. The standard InChI is InChI=1S/C23H41N3O10/c1-15(26-16(2)27)23(32-11-9-7-6-8-10-25-22(31)12-24)36-21(14-34-18(4)29)20(35-19(5)30)13-33-17(3)28/h15,20-21,23H,6-14,24H2,1-5H3,(H,25,31)(H,26,27)/t15-,20+,21?,23+/m0/s1. The van der Waals surface area contributed by atoms with E-state index in [9.17, 15) is 24.0 Å². The van der Waals surface area contributed by atoms with Crippen LogP contribution in [0.3, 0.4) is 0 Å². The lowest BCUT2D eigenvalue weighted by atomic mass is 10.2. The van der Waals surface area contributed by atoms with Crippen LogP contribution in [0.4, 0.5) is 0 Å². The highest BCUT2D eigenvalue weighted by atomic mass is 16.7. The summed E-state index contributed by atoms with van der Waals surface area (Å²) in [7, 11) is 0. The lowest BCUT2D eigenvalue weighted by Crippen LogP contribution is -2.49. The van der Waals surface area contributed by atoms with E-state index < -0.39 is 42.4 Å². The molecule has 4 N–H and O–H groups in total. The fourth-order valence-corrected chi connectivity index (χ4v) is 3.01. The molecule has 0 spiro atoms. The zero-order valence-electron chi connectivity index (χ0n) is 21.8. The van der Waals surface area contributed by atoms with Crippen molar-refractivity contribution in [3.8, 4) is 0 Å². The van der Waals surface area contributed by atoms with Crippen LogP contribution in [0.5, 0.6) is 0 Å². The molecule has 2 amide bonds. The topological polar surface area (TPSA) is 182 Å². The van der Waals surface area contributed by atoms with E-state index in [1.54, 1.807) is 6.92 Å². The van der Waals surface area contributed by atoms with Crippen molar-refractivity contribution in [1.29, 1.82) is 0 Å². The lowest BCUT2D eigenvalue weighted by Gasteiger charge is -2.32. The predicted octanol–water partition coefficient (Wildman–Crippen LogP) is -0.0679. The SMILES string of the molecule is CC(=O)N[C@@H](C)[C@H](OCCCCCCNC(=O)CN)OC(COC(C)=O)[C@@H](COC(C)=O)OC(C)=O. The molecular formula is C23H41N3O10. The number of carbonyl (C=O) groups excluding carboxylic acids is 5. The number of amides is 2. The van der Waals surface area contributed by atoms with Gasteiger partial charge in [0.15, 0.2) is 12.4 Å². The van der Waals surface area contributed by atoms with E-state index in [2.05, 4.69) is 10.6 Å². The third-order valence-electron chi connectivity index (χ3n) is 4.64. The van der Waals surface area contributed by atoms with E-state index >= 15 is 0 Å². The Bertz CT molecular complexity index is 704. The first kappa shape index (κ1) is 33.2. The second-order valence-corrected chi connectivity index (χ2v) is 8.12. The highest BCUT2D eigenvalue weighted by Crippen LogP contribution is 2.15. The Balaban J connectivity index is 5.20. The van der Waals surface area contributed by atoms with E-state index in [-0.39, 0.29) is 38.2 Å². The first-order chi connectivity index (χ1) is 17.0. The Morgan fingerprint density at radius 1 is 0.806 bits per heavy atom. The highest BCUT2D eigenvalue weighted by molar-refractivity contribution is 5.77. The zero-order valence-corrected chi connectivity index (χ0v) is 21.8. The highest BCUT2D eigenvalue weighted by Gasteiger charge is 2.33. The molecular weight excluding hydrogens is 478 g/mol. The maximum atomic E-state index is 11.6. The van der Waals surface area contributed by atoms with Crippen molar-refractivity contribution in [1.82, 2.24) is 10.6 Å². The van der Waals surface area contributed by atoms with Gasteiger partial charge in [-0.05, 0) is 19.8 Å². The molecule has 0 aliphatic carbocycles. The van der Waals surface area contributed by atoms with Crippen LogP contribution in [0.1, 0.15) is 60.3 Å². The van der Waals surface area contributed by atoms with Crippen molar-refractivity contribution in [3.05, 3.63) is 0 Å². The van der Waals surface area contributed by atoms with Gasteiger partial charge in [-0.15, -0.1) is 0 Å². The molecule has 0 rings (SSSR count). The largest absolute Gasteiger partial charge is 0.463 e. The summed E-state index contributed by atoms with van der Waals surface area (Å²) in [5.41, 5.74) is 5.24. The Kier molecular flexibility index (Phi) is 17.9. The second-order valence-electron chi connectivity index (χ2n) is 8.12. The van der Waals surface area contributed by atoms with Crippen molar-refractivity contribution in [2.75, 3.05) is 32.9 Å². The van der Waals surface area contributed by atoms with Crippen LogP contribution in [0.2, 0.25) is 0 Å². The number of carbonyl (C=O) groups is 5. The third-order valence-corrected chi connectivity index (χ3v) is 4.64. The van der Waals surface area contributed by atoms with Crippen molar-refractivity contribution in [3.63, 3.8) is 0 Å². The van der Waals surface area contributed by atoms with Crippen molar-refractivity contribution in [2.24, 2.45) is 5.73 Å². The quantitative estimate of drug-likeness (QED) is 0.0899. The van der Waals surface area contributed by atoms with E-state index in [1.807, 2.05) is 0 Å². The summed E-state index contributed by atoms with van der Waals surface area (Å²) in [6, 6.07) is -0.611. The summed E-state index contributed by atoms with van der Waals surface area (Å²) >= 11 is 0. The number of rotatable bonds is 19. The minimum absolute atomic E-state index is 0.0423. The predicted molar refractivity (Wildman–Crippen MR) is 127 cm³/mol. The molecule has 0 aliphatic rings. The van der Waals surface area contributed by atoms with Gasteiger partial charge in [-0.3, -0.25) is 24.0 Å². The van der Waals surface area contributed by atoms with Gasteiger partial charge in [0.1, 0.15) is 19.3 Å². The van der Waals surface area contributed by atoms with Gasteiger partial charge in [0.05, 0.1) is 12.6 Å². The van der Waals surface area contributed by atoms with Crippen LogP contribution < -0.4 is 16.4 Å². The molecule has 1 unspecified atom stereocenters. The van der Waals surface area contributed by atoms with E-state index in [1.165, 1.54) is 27.7 Å². The zero-order chi connectivity index (χ0) is 27.5. The minimum Gasteiger partial charge on any atom is -0.463 e. The summed E-state index contributed by atoms with van der Waals surface area (Å²) in [4.78, 5) is 57.1. The van der Waals surface area contributed by atoms with E-state index in [0.29, 0.717) is 13.0 Å². The van der Waals surface area contributed by atoms with Gasteiger partial charge in [0.25, 0.3) is 0 Å². The van der Waals surface area contributed by atoms with Gasteiger partial charge in [0, 0.05) is 40.8 Å². The van der Waals surface area contributed by atoms with Crippen LogP contribution in [-0.4, -0.2) is 87.2 Å². The molecule has 0 aliphatic heterocycles. The maximum Gasteiger partial charge on any atom is 0.303 e. The van der Waals surface area contributed by atoms with Gasteiger partial charge in [-0.25, -0.2) is 0 Å². The normalized spacial score (nSPS) is 14.1. The average molecular weight is 520 g/mol. The fourth-order valence-electron chi connectivity index (χ4n) is 3.01. The maximum absolute atomic E-state index is 11.6. The summed E-state index contributed by atoms with van der Waals surface area (Å²) in [5.74, 6) is -2.35. The molecule has 0 aromatic rings. The Morgan fingerprint density at radius 3 is 1.92 bits per heavy atom. The summed E-state index contributed by atoms with van der Waals surface area (Å²) in [6.07, 6.45) is 0.000748. The number of unbranched alkanes of at least 4 members (excludes halogenated alkanes) is 3. The molecule has 0 aromatic heterocycles. The Hall–Kier alpha value is -2.77. The van der Waals surface area contributed by atoms with Gasteiger partial charge < -0.3 is 40.1 Å². The molecule has 36 heavy (non-hydrogen) atoms. The molecule has 13 heteroatoms. The second kappa shape index (κ2) is 19.4. The van der Waals surface area contributed by atoms with Crippen LogP contribution >= 0.6 is 0 Å². The van der Waals surface area contributed by atoms with E-state index in [0.717, 1.165) is 19.3 Å². The minimum atomic E-state index is -1.09. The number of esters is 3. The molecule has 4 atom stereocenters. The summed E-state index contributed by atoms with van der Waals surface area (Å²) in [6.45, 7) is 6.74. The van der Waals surface area contributed by atoms with Crippen LogP contribution in [0.15, 0.2) is 0 Å². The van der Waals surface area contributed by atoms with E-state index in [4.69, 9.17) is 29.4 Å². The van der Waals surface area contributed by atoms with Crippen LogP contribution in [0.25, 0.3) is 0 Å². The summed E-state index contributed by atoms with van der Waals surface area (Å²) in [5, 5.41) is 5.39. The molecule has 0 saturated heterocycles. The smallest absolute Gasteiger partial charge is 0.303 e. The average Bonchev–Trinajstić information content (AvgIpc) is 2.78. The van der Waals surface area contributed by atoms with Gasteiger partial charge in [0.2, 0.25) is 11.8 Å². The molecule has 13 nitrogen and oxygen atoms in total. The molecule has 0 bridgehead atoms. The first-order valence-corrected chi connectivity index (χ1v) is 11.9. The Labute approximate surface area is 212 Å². The van der Waals surface area contributed by atoms with Crippen LogP contribution in [0, 0.1) is 0 Å². The van der Waals surface area contributed by atoms with Crippen molar-refractivity contribution < 1.29 is 47.7 Å². The molecule has 208 valence electrons. The first-order valence-electron chi connectivity index (χ1n) is 11.9. The van der Waals surface area contributed by atoms with Crippen molar-refractivity contribution in [2.45, 2.75) is 84.8 Å². The number of nitrogens with two attached hydrogens (primary N) is 1. The molecule has 0 fully saturated rings. The molecule has 0 heterocycles. The monoisotopic (exact) mass is 519 g/mol. The molecule has 0 saturated carbocycles. The van der Waals surface area contributed by atoms with Crippen LogP contribution in [-0.2, 0) is 47.7 Å². The fraction of sp³-hybridized carbons (Fsp3) is 0.783. The van der Waals surface area contributed by atoms with Crippen molar-refractivity contribution >= 4 is 29.7 Å². The van der Waals surface area contributed by atoms with Gasteiger partial charge in [-0.1, -0.05) is 12.8 Å². The number of hydrogen-bond donors (Lipinski definition) is 3. The molecule has 0 aromatic carbocycles. The third kappa shape index (κ3) is 17.6. The molecule has 0 radical (unpaired) electrons. The van der Waals surface area contributed by atoms with Gasteiger partial charge >= 0.3 is 17.9 Å². The Morgan fingerprint density at radius 2 is 1.39 bits per heavy atom. The van der Waals surface area contributed by atoms with Gasteiger partial charge in [-0.2, -0.15) is 0 Å². The number of ether oxygens (including phenoxy) is 5.